The third-order valence-electron chi connectivity index (χ3n) is 0.408. The van der Waals surface area contributed by atoms with Gasteiger partial charge in [-0.15, -0.1) is 6.54 Å². The van der Waals surface area contributed by atoms with Crippen molar-refractivity contribution in [3.8, 4) is 0 Å². The highest BCUT2D eigenvalue weighted by molar-refractivity contribution is 4.57. The van der Waals surface area contributed by atoms with E-state index in [2.05, 4.69) is 0 Å². The Kier molecular flexibility index (Phi) is 2.08. The summed E-state index contributed by atoms with van der Waals surface area (Å²) in [7, 11) is 0. The molecule has 7 heavy (non-hydrogen) atoms. The highest BCUT2D eigenvalue weighted by Gasteiger charge is 2.23. The van der Waals surface area contributed by atoms with Crippen LogP contribution in [0.1, 0.15) is 6.42 Å². The van der Waals surface area contributed by atoms with Gasteiger partial charge in [0.15, 0.2) is 0 Å². The van der Waals surface area contributed by atoms with Crippen LogP contribution in [-0.2, 0) is 0 Å². The van der Waals surface area contributed by atoms with E-state index >= 15 is 0 Å². The molecule has 0 heterocycles. The molecule has 0 bridgehead atoms. The first-order chi connectivity index (χ1) is 3.06. The Morgan fingerprint density at radius 2 is 1.71 bits per heavy atom. The summed E-state index contributed by atoms with van der Waals surface area (Å²) in [6, 6.07) is 0. The van der Waals surface area contributed by atoms with Gasteiger partial charge in [0.1, 0.15) is 0 Å². The largest absolute Gasteiger partial charge is 0.677 e. The van der Waals surface area contributed by atoms with Gasteiger partial charge in [-0.3, -0.25) is 0 Å². The molecule has 0 saturated heterocycles. The van der Waals surface area contributed by atoms with Crippen LogP contribution < -0.4 is 0 Å². The summed E-state index contributed by atoms with van der Waals surface area (Å²) in [6.07, 6.45) is -5.13. The standard InChI is InChI=1S/C3H5F3N/c4-3(5,6)1-2-7/h7H,1-2H2/q-1. The fourth-order valence-corrected chi connectivity index (χ4v) is 0.142. The summed E-state index contributed by atoms with van der Waals surface area (Å²) in [4.78, 5) is 0. The van der Waals surface area contributed by atoms with Crippen molar-refractivity contribution in [3.05, 3.63) is 5.73 Å². The van der Waals surface area contributed by atoms with Crippen molar-refractivity contribution in [1.29, 1.82) is 0 Å². The van der Waals surface area contributed by atoms with Crippen molar-refractivity contribution in [2.45, 2.75) is 12.6 Å². The van der Waals surface area contributed by atoms with Crippen molar-refractivity contribution in [2.24, 2.45) is 0 Å². The number of hydrogen-bond acceptors (Lipinski definition) is 0. The molecule has 0 aliphatic rings. The molecule has 0 radical (unpaired) electrons. The summed E-state index contributed by atoms with van der Waals surface area (Å²) in [6.45, 7) is -0.566. The van der Waals surface area contributed by atoms with E-state index in [-0.39, 0.29) is 0 Å². The van der Waals surface area contributed by atoms with Gasteiger partial charge in [0.2, 0.25) is 0 Å². The topological polar surface area (TPSA) is 23.8 Å². The molecule has 0 aromatic rings. The first-order valence-electron chi connectivity index (χ1n) is 1.77. The molecule has 1 nitrogen and oxygen atoms in total. The third-order valence-corrected chi connectivity index (χ3v) is 0.408. The lowest BCUT2D eigenvalue weighted by Gasteiger charge is -2.04. The lowest BCUT2D eigenvalue weighted by molar-refractivity contribution is -0.130. The van der Waals surface area contributed by atoms with E-state index in [0.29, 0.717) is 0 Å². The zero-order valence-electron chi connectivity index (χ0n) is 3.55. The fraction of sp³-hybridized carbons (Fsp3) is 1.00. The van der Waals surface area contributed by atoms with Gasteiger partial charge < -0.3 is 5.73 Å². The second-order valence-electron chi connectivity index (χ2n) is 1.12. The Morgan fingerprint density at radius 3 is 1.71 bits per heavy atom. The van der Waals surface area contributed by atoms with Crippen LogP contribution in [0.5, 0.6) is 0 Å². The van der Waals surface area contributed by atoms with Crippen LogP contribution >= 0.6 is 0 Å². The highest BCUT2D eigenvalue weighted by Crippen LogP contribution is 2.18. The lowest BCUT2D eigenvalue weighted by Crippen LogP contribution is -2.07. The van der Waals surface area contributed by atoms with Gasteiger partial charge in [-0.1, -0.05) is 0 Å². The second-order valence-corrected chi connectivity index (χ2v) is 1.12. The van der Waals surface area contributed by atoms with Gasteiger partial charge in [-0.2, -0.15) is 13.2 Å². The first kappa shape index (κ1) is 6.75. The third kappa shape index (κ3) is 5.75. The molecule has 0 aliphatic carbocycles. The number of halogens is 3. The quantitative estimate of drug-likeness (QED) is 0.495. The maximum Gasteiger partial charge on any atom is 0.387 e. The van der Waals surface area contributed by atoms with Gasteiger partial charge in [-0.05, 0) is 0 Å². The molecule has 0 fully saturated rings. The van der Waals surface area contributed by atoms with E-state index in [1.165, 1.54) is 0 Å². The van der Waals surface area contributed by atoms with Gasteiger partial charge in [0, 0.05) is 6.42 Å². The molecule has 0 saturated carbocycles. The van der Waals surface area contributed by atoms with Crippen LogP contribution in [0.15, 0.2) is 0 Å². The zero-order chi connectivity index (χ0) is 5.91. The molecule has 0 aromatic heterocycles. The van der Waals surface area contributed by atoms with Crippen LogP contribution in [0, 0.1) is 0 Å². The minimum Gasteiger partial charge on any atom is -0.677 e. The number of hydrogen-bond donors (Lipinski definition) is 0. The maximum absolute atomic E-state index is 10.9. The smallest absolute Gasteiger partial charge is 0.387 e. The summed E-state index contributed by atoms with van der Waals surface area (Å²) >= 11 is 0. The van der Waals surface area contributed by atoms with Crippen LogP contribution in [0.25, 0.3) is 5.73 Å². The fourth-order valence-electron chi connectivity index (χ4n) is 0.142. The number of alkyl halides is 3. The van der Waals surface area contributed by atoms with E-state index in [9.17, 15) is 13.2 Å². The summed E-state index contributed by atoms with van der Waals surface area (Å²) in [5.41, 5.74) is 6.14. The predicted octanol–water partition coefficient (Wildman–Crippen LogP) is 1.99. The van der Waals surface area contributed by atoms with Crippen LogP contribution in [0.3, 0.4) is 0 Å². The Bertz CT molecular complexity index is 48.6. The van der Waals surface area contributed by atoms with E-state index in [1.54, 1.807) is 0 Å². The second kappa shape index (κ2) is 2.16. The molecular formula is C3H5F3N-. The summed E-state index contributed by atoms with van der Waals surface area (Å²) in [5, 5.41) is 0. The molecule has 1 N–H and O–H groups in total. The lowest BCUT2D eigenvalue weighted by atomic mass is 10.4. The molecule has 4 heteroatoms. The molecule has 0 spiro atoms. The van der Waals surface area contributed by atoms with E-state index in [1.807, 2.05) is 0 Å². The number of nitrogens with one attached hydrogen (secondary N) is 1. The number of rotatable bonds is 1. The molecular weight excluding hydrogens is 107 g/mol. The molecule has 0 aromatic carbocycles. The van der Waals surface area contributed by atoms with Gasteiger partial charge in [0.05, 0.1) is 0 Å². The zero-order valence-corrected chi connectivity index (χ0v) is 3.55. The SMILES string of the molecule is [NH-]CCC(F)(F)F. The Labute approximate surface area is 39.3 Å². The normalized spacial score (nSPS) is 12.0. The Hall–Kier alpha value is -0.250. The average Bonchev–Trinajstić information content (AvgIpc) is 1.30. The molecule has 0 rings (SSSR count). The molecule has 0 atom stereocenters. The molecule has 44 valence electrons. The first-order valence-corrected chi connectivity index (χ1v) is 1.77. The molecule has 0 aliphatic heterocycles. The van der Waals surface area contributed by atoms with Gasteiger partial charge in [0.25, 0.3) is 0 Å². The van der Waals surface area contributed by atoms with E-state index < -0.39 is 19.1 Å². The van der Waals surface area contributed by atoms with Crippen molar-refractivity contribution < 1.29 is 13.2 Å². The van der Waals surface area contributed by atoms with Gasteiger partial charge >= 0.3 is 6.18 Å². The minimum atomic E-state index is -4.14. The van der Waals surface area contributed by atoms with Crippen LogP contribution in [0.2, 0.25) is 0 Å². The molecule has 0 unspecified atom stereocenters. The van der Waals surface area contributed by atoms with Crippen molar-refractivity contribution in [2.75, 3.05) is 6.54 Å². The summed E-state index contributed by atoms with van der Waals surface area (Å²) < 4.78 is 32.8. The molecule has 0 amide bonds. The maximum atomic E-state index is 10.9. The van der Waals surface area contributed by atoms with Crippen LogP contribution in [-0.4, -0.2) is 12.7 Å². The highest BCUT2D eigenvalue weighted by atomic mass is 19.4. The van der Waals surface area contributed by atoms with E-state index in [0.717, 1.165) is 0 Å². The van der Waals surface area contributed by atoms with Crippen molar-refractivity contribution in [1.82, 2.24) is 0 Å². The van der Waals surface area contributed by atoms with Crippen LogP contribution in [0.4, 0.5) is 13.2 Å². The van der Waals surface area contributed by atoms with E-state index in [4.69, 9.17) is 5.73 Å². The Balaban J connectivity index is 3.15. The monoisotopic (exact) mass is 112 g/mol. The Morgan fingerprint density at radius 1 is 1.29 bits per heavy atom. The summed E-state index contributed by atoms with van der Waals surface area (Å²) in [5.74, 6) is 0. The minimum absolute atomic E-state index is 0.566. The van der Waals surface area contributed by atoms with Crippen molar-refractivity contribution >= 4 is 0 Å². The average molecular weight is 112 g/mol. The predicted molar refractivity (Wildman–Crippen MR) is 19.9 cm³/mol. The van der Waals surface area contributed by atoms with Crippen molar-refractivity contribution in [3.63, 3.8) is 0 Å². The van der Waals surface area contributed by atoms with Gasteiger partial charge in [-0.25, -0.2) is 0 Å².